The van der Waals surface area contributed by atoms with E-state index >= 15 is 0 Å². The van der Waals surface area contributed by atoms with E-state index in [1.54, 1.807) is 30.3 Å². The zero-order chi connectivity index (χ0) is 34.8. The second-order valence-corrected chi connectivity index (χ2v) is 12.5. The largest absolute Gasteiger partial charge is 0.573 e. The fourth-order valence-electron chi connectivity index (χ4n) is 5.42. The number of carbonyl (C=O) groups excluding carboxylic acids is 2. The van der Waals surface area contributed by atoms with Gasteiger partial charge in [0, 0.05) is 65.3 Å². The summed E-state index contributed by atoms with van der Waals surface area (Å²) in [6.07, 6.45) is -0.0760. The first-order chi connectivity index (χ1) is 23.6. The van der Waals surface area contributed by atoms with Crippen molar-refractivity contribution < 1.29 is 37.4 Å². The third-order valence-corrected chi connectivity index (χ3v) is 8.86. The second kappa shape index (κ2) is 16.4. The van der Waals surface area contributed by atoms with E-state index in [0.29, 0.717) is 34.0 Å². The Morgan fingerprint density at radius 3 is 2.45 bits per heavy atom. The number of pyridine rings is 1. The average molecular weight is 693 g/mol. The lowest BCUT2D eigenvalue weighted by Crippen LogP contribution is -2.29. The van der Waals surface area contributed by atoms with Gasteiger partial charge in [-0.3, -0.25) is 19.4 Å². The minimum absolute atomic E-state index is 0.0583. The maximum Gasteiger partial charge on any atom is 0.573 e. The van der Waals surface area contributed by atoms with Gasteiger partial charge in [-0.25, -0.2) is 0 Å². The van der Waals surface area contributed by atoms with Crippen molar-refractivity contribution in [3.8, 4) is 17.0 Å². The van der Waals surface area contributed by atoms with Crippen molar-refractivity contribution in [2.75, 3.05) is 29.1 Å². The van der Waals surface area contributed by atoms with Gasteiger partial charge < -0.3 is 25.4 Å². The highest BCUT2D eigenvalue weighted by Gasteiger charge is 2.32. The van der Waals surface area contributed by atoms with Crippen molar-refractivity contribution in [3.63, 3.8) is 0 Å². The lowest BCUT2D eigenvalue weighted by molar-refractivity contribution is -0.274. The molecule has 0 saturated carbocycles. The molecule has 4 aromatic rings. The average Bonchev–Trinajstić information content (AvgIpc) is 3.09. The van der Waals surface area contributed by atoms with E-state index in [4.69, 9.17) is 5.11 Å². The number of hydrogen-bond donors (Lipinski definition) is 3. The lowest BCUT2D eigenvalue weighted by Gasteiger charge is -2.29. The topological polar surface area (TPSA) is 121 Å². The molecule has 9 nitrogen and oxygen atoms in total. The summed E-state index contributed by atoms with van der Waals surface area (Å²) in [7, 11) is 0. The van der Waals surface area contributed by atoms with Gasteiger partial charge in [0.05, 0.1) is 17.8 Å². The number of nitrogens with zero attached hydrogens (tertiary/aromatic N) is 2. The number of hydrogen-bond acceptors (Lipinski definition) is 7. The third kappa shape index (κ3) is 10.2. The number of piperidine rings is 1. The van der Waals surface area contributed by atoms with Crippen LogP contribution >= 0.6 is 11.8 Å². The molecule has 5 rings (SSSR count). The van der Waals surface area contributed by atoms with Crippen LogP contribution in [0.5, 0.6) is 5.75 Å². The van der Waals surface area contributed by atoms with Crippen LogP contribution in [0.1, 0.15) is 57.5 Å². The van der Waals surface area contributed by atoms with Crippen LogP contribution in [0.15, 0.2) is 85.1 Å². The van der Waals surface area contributed by atoms with Crippen molar-refractivity contribution in [1.29, 1.82) is 0 Å². The van der Waals surface area contributed by atoms with Gasteiger partial charge >= 0.3 is 12.3 Å². The Morgan fingerprint density at radius 2 is 1.67 bits per heavy atom. The molecule has 256 valence electrons. The summed E-state index contributed by atoms with van der Waals surface area (Å²) in [5.74, 6) is -1.11. The Kier molecular flexibility index (Phi) is 11.8. The molecule has 0 aliphatic carbocycles. The number of amides is 2. The van der Waals surface area contributed by atoms with Crippen LogP contribution in [-0.4, -0.2) is 53.1 Å². The Balaban J connectivity index is 1.37. The van der Waals surface area contributed by atoms with Gasteiger partial charge in [-0.15, -0.1) is 13.2 Å². The first-order valence-corrected chi connectivity index (χ1v) is 16.9. The quantitative estimate of drug-likeness (QED) is 0.123. The summed E-state index contributed by atoms with van der Waals surface area (Å²) in [6.45, 7) is 1.57. The van der Waals surface area contributed by atoms with Crippen LogP contribution in [0.25, 0.3) is 11.3 Å². The minimum Gasteiger partial charge on any atom is -0.481 e. The second-order valence-electron chi connectivity index (χ2n) is 11.4. The van der Waals surface area contributed by atoms with E-state index in [0.717, 1.165) is 43.6 Å². The SMILES string of the molecule is O=C(O)CCSCc1cccc(C(=O)Nc2ccc(N3CCCCC3)cc2-c2cc(C(=O)NCc3ccccc3OC(F)(F)F)ccn2)c1. The number of para-hydroxylation sites is 1. The molecular weight excluding hydrogens is 657 g/mol. The molecule has 0 unspecified atom stereocenters. The monoisotopic (exact) mass is 692 g/mol. The summed E-state index contributed by atoms with van der Waals surface area (Å²) >= 11 is 1.47. The molecule has 2 heterocycles. The predicted molar refractivity (Wildman–Crippen MR) is 183 cm³/mol. The molecule has 0 radical (unpaired) electrons. The van der Waals surface area contributed by atoms with E-state index in [9.17, 15) is 27.6 Å². The third-order valence-electron chi connectivity index (χ3n) is 7.83. The van der Waals surface area contributed by atoms with Crippen LogP contribution in [0, 0.1) is 0 Å². The number of carboxylic acid groups (broad SMARTS) is 1. The van der Waals surface area contributed by atoms with Gasteiger partial charge in [0.1, 0.15) is 5.75 Å². The van der Waals surface area contributed by atoms with E-state index < -0.39 is 24.0 Å². The first kappa shape index (κ1) is 35.3. The first-order valence-electron chi connectivity index (χ1n) is 15.7. The molecule has 1 aromatic heterocycles. The molecule has 0 spiro atoms. The molecule has 3 N–H and O–H groups in total. The molecule has 0 atom stereocenters. The maximum atomic E-state index is 13.5. The summed E-state index contributed by atoms with van der Waals surface area (Å²) in [5.41, 5.74) is 4.15. The van der Waals surface area contributed by atoms with Crippen LogP contribution < -0.4 is 20.3 Å². The molecule has 3 aromatic carbocycles. The number of carbonyl (C=O) groups is 3. The molecule has 2 amide bonds. The number of nitrogens with one attached hydrogen (secondary N) is 2. The maximum absolute atomic E-state index is 13.5. The molecule has 1 fully saturated rings. The van der Waals surface area contributed by atoms with Gasteiger partial charge in [0.25, 0.3) is 11.8 Å². The van der Waals surface area contributed by atoms with Gasteiger partial charge in [-0.2, -0.15) is 11.8 Å². The van der Waals surface area contributed by atoms with Gasteiger partial charge in [0.2, 0.25) is 0 Å². The van der Waals surface area contributed by atoms with Crippen LogP contribution in [0.3, 0.4) is 0 Å². The minimum atomic E-state index is -4.87. The molecule has 13 heteroatoms. The summed E-state index contributed by atoms with van der Waals surface area (Å²) in [4.78, 5) is 44.3. The van der Waals surface area contributed by atoms with Crippen molar-refractivity contribution in [2.24, 2.45) is 0 Å². The van der Waals surface area contributed by atoms with E-state index in [1.165, 1.54) is 42.2 Å². The zero-order valence-electron chi connectivity index (χ0n) is 26.5. The van der Waals surface area contributed by atoms with E-state index in [2.05, 4.69) is 25.3 Å². The van der Waals surface area contributed by atoms with Crippen molar-refractivity contribution >= 4 is 40.9 Å². The number of aliphatic carboxylic acids is 1. The number of aromatic nitrogens is 1. The number of halogens is 3. The Hall–Kier alpha value is -5.04. The normalized spacial score (nSPS) is 13.1. The number of benzene rings is 3. The molecule has 49 heavy (non-hydrogen) atoms. The molecular formula is C36H35F3N4O5S. The number of rotatable bonds is 13. The fraction of sp³-hybridized carbons (Fsp3) is 0.278. The van der Waals surface area contributed by atoms with Gasteiger partial charge in [0.15, 0.2) is 0 Å². The predicted octanol–water partition coefficient (Wildman–Crippen LogP) is 7.53. The Morgan fingerprint density at radius 1 is 0.898 bits per heavy atom. The summed E-state index contributed by atoms with van der Waals surface area (Å²) < 4.78 is 42.7. The molecule has 1 saturated heterocycles. The van der Waals surface area contributed by atoms with Crippen molar-refractivity contribution in [3.05, 3.63) is 107 Å². The smallest absolute Gasteiger partial charge is 0.481 e. The number of thioether (sulfide) groups is 1. The molecule has 0 bridgehead atoms. The summed E-state index contributed by atoms with van der Waals surface area (Å²) in [5, 5.41) is 14.5. The van der Waals surface area contributed by atoms with Gasteiger partial charge in [-0.1, -0.05) is 30.3 Å². The van der Waals surface area contributed by atoms with Crippen LogP contribution in [0.4, 0.5) is 24.5 Å². The highest BCUT2D eigenvalue weighted by Crippen LogP contribution is 2.33. The number of alkyl halides is 3. The van der Waals surface area contributed by atoms with Crippen molar-refractivity contribution in [1.82, 2.24) is 10.3 Å². The highest BCUT2D eigenvalue weighted by molar-refractivity contribution is 7.98. The van der Waals surface area contributed by atoms with Crippen molar-refractivity contribution in [2.45, 2.75) is 44.3 Å². The lowest BCUT2D eigenvalue weighted by atomic mass is 10.0. The highest BCUT2D eigenvalue weighted by atomic mass is 32.2. The van der Waals surface area contributed by atoms with Gasteiger partial charge in [-0.05, 0) is 73.4 Å². The van der Waals surface area contributed by atoms with Crippen LogP contribution in [-0.2, 0) is 17.1 Å². The Labute approximate surface area is 285 Å². The van der Waals surface area contributed by atoms with E-state index in [-0.39, 0.29) is 30.0 Å². The fourth-order valence-corrected chi connectivity index (χ4v) is 6.30. The number of anilines is 2. The zero-order valence-corrected chi connectivity index (χ0v) is 27.3. The number of carboxylic acids is 1. The molecule has 1 aliphatic rings. The number of ether oxygens (including phenoxy) is 1. The standard InChI is InChI=1S/C36H35F3N4O5S/c37-36(38,39)48-32-10-3-2-8-27(32)22-41-34(46)26-13-15-40-31(20-26)29-21-28(43-16-4-1-5-17-43)11-12-30(29)42-35(47)25-9-6-7-24(19-25)23-49-18-14-33(44)45/h2-3,6-13,15,19-21H,1,4-5,14,16-18,22-23H2,(H,41,46)(H,42,47)(H,44,45). The van der Waals surface area contributed by atoms with Crippen LogP contribution in [0.2, 0.25) is 0 Å². The van der Waals surface area contributed by atoms with E-state index in [1.807, 2.05) is 24.3 Å². The summed E-state index contributed by atoms with van der Waals surface area (Å²) in [6, 6.07) is 21.5. The Bertz CT molecular complexity index is 1800. The molecule has 1 aliphatic heterocycles.